The number of halogens is 1. The molecule has 196 valence electrons. The van der Waals surface area contributed by atoms with Crippen molar-refractivity contribution in [3.05, 3.63) is 101 Å². The van der Waals surface area contributed by atoms with Crippen LogP contribution in [0.4, 0.5) is 4.39 Å². The highest BCUT2D eigenvalue weighted by Gasteiger charge is 2.31. The lowest BCUT2D eigenvalue weighted by atomic mass is 9.75. The fourth-order valence-electron chi connectivity index (χ4n) is 6.11. The Balaban J connectivity index is 1.15. The monoisotopic (exact) mass is 520 g/mol. The van der Waals surface area contributed by atoms with Crippen LogP contribution in [0, 0.1) is 17.7 Å². The van der Waals surface area contributed by atoms with Crippen molar-refractivity contribution in [2.75, 3.05) is 13.1 Å². The third-order valence-corrected chi connectivity index (χ3v) is 9.70. The van der Waals surface area contributed by atoms with Gasteiger partial charge in [-0.15, -0.1) is 0 Å². The Morgan fingerprint density at radius 3 is 2.14 bits per heavy atom. The van der Waals surface area contributed by atoms with Gasteiger partial charge in [0.1, 0.15) is 5.82 Å². The van der Waals surface area contributed by atoms with Crippen LogP contribution >= 0.6 is 0 Å². The van der Waals surface area contributed by atoms with Crippen LogP contribution in [0.3, 0.4) is 0 Å². The molecule has 3 aromatic carbocycles. The minimum Gasteiger partial charge on any atom is -0.313 e. The van der Waals surface area contributed by atoms with Gasteiger partial charge in [0, 0.05) is 18.5 Å². The van der Waals surface area contributed by atoms with E-state index in [1.807, 2.05) is 18.2 Å². The van der Waals surface area contributed by atoms with Gasteiger partial charge in [0.25, 0.3) is 0 Å². The minimum atomic E-state index is -3.44. The molecule has 2 N–H and O–H groups in total. The van der Waals surface area contributed by atoms with E-state index in [0.717, 1.165) is 57.1 Å². The summed E-state index contributed by atoms with van der Waals surface area (Å²) in [6, 6.07) is 24.9. The van der Waals surface area contributed by atoms with Gasteiger partial charge in [0.15, 0.2) is 0 Å². The molecule has 2 aliphatic carbocycles. The predicted octanol–water partition coefficient (Wildman–Crippen LogP) is 5.84. The third kappa shape index (κ3) is 6.67. The molecule has 0 amide bonds. The number of benzene rings is 3. The van der Waals surface area contributed by atoms with Crippen molar-refractivity contribution in [2.24, 2.45) is 11.8 Å². The van der Waals surface area contributed by atoms with E-state index in [2.05, 4.69) is 34.3 Å². The first-order valence-electron chi connectivity index (χ1n) is 13.6. The predicted molar refractivity (Wildman–Crippen MR) is 146 cm³/mol. The Morgan fingerprint density at radius 1 is 0.784 bits per heavy atom. The van der Waals surface area contributed by atoms with Crippen LogP contribution in [0.1, 0.15) is 54.7 Å². The number of sulfonamides is 1. The van der Waals surface area contributed by atoms with Crippen molar-refractivity contribution in [3.63, 3.8) is 0 Å². The molecule has 0 spiro atoms. The number of rotatable bonds is 9. The topological polar surface area (TPSA) is 58.2 Å². The van der Waals surface area contributed by atoms with E-state index in [4.69, 9.17) is 0 Å². The second kappa shape index (κ2) is 11.9. The second-order valence-electron chi connectivity index (χ2n) is 10.7. The lowest BCUT2D eigenvalue weighted by Gasteiger charge is -2.36. The maximum Gasteiger partial charge on any atom is 0.240 e. The van der Waals surface area contributed by atoms with E-state index in [-0.39, 0.29) is 5.82 Å². The van der Waals surface area contributed by atoms with Crippen LogP contribution in [0.25, 0.3) is 0 Å². The van der Waals surface area contributed by atoms with Crippen molar-refractivity contribution in [1.82, 2.24) is 10.0 Å². The quantitative estimate of drug-likeness (QED) is 0.373. The molecule has 6 heteroatoms. The maximum absolute atomic E-state index is 13.9. The molecule has 3 aromatic rings. The van der Waals surface area contributed by atoms with Crippen molar-refractivity contribution in [2.45, 2.75) is 61.8 Å². The van der Waals surface area contributed by atoms with Gasteiger partial charge in [-0.05, 0) is 104 Å². The SMILES string of the molecule is O=S(=O)(NCC1CCC(CNC2CCc3cc(F)ccc3C2Cc2ccccc2)CC1)c1ccccc1. The van der Waals surface area contributed by atoms with Gasteiger partial charge >= 0.3 is 0 Å². The molecule has 0 radical (unpaired) electrons. The molecule has 4 nitrogen and oxygen atoms in total. The van der Waals surface area contributed by atoms with Crippen LogP contribution in [-0.4, -0.2) is 27.5 Å². The van der Waals surface area contributed by atoms with E-state index in [1.165, 1.54) is 11.1 Å². The summed E-state index contributed by atoms with van der Waals surface area (Å²) in [5.74, 6) is 1.17. The van der Waals surface area contributed by atoms with Gasteiger partial charge in [-0.3, -0.25) is 0 Å². The summed E-state index contributed by atoms with van der Waals surface area (Å²) in [6.45, 7) is 1.49. The molecule has 0 heterocycles. The Morgan fingerprint density at radius 2 is 1.43 bits per heavy atom. The van der Waals surface area contributed by atoms with Crippen LogP contribution in [0.15, 0.2) is 83.8 Å². The summed E-state index contributed by atoms with van der Waals surface area (Å²) in [5.41, 5.74) is 3.75. The number of fused-ring (bicyclic) bond motifs is 1. The Bertz CT molecular complexity index is 1260. The van der Waals surface area contributed by atoms with Gasteiger partial charge < -0.3 is 5.32 Å². The van der Waals surface area contributed by atoms with Gasteiger partial charge in [-0.2, -0.15) is 0 Å². The van der Waals surface area contributed by atoms with E-state index < -0.39 is 10.0 Å². The molecule has 2 aliphatic rings. The van der Waals surface area contributed by atoms with Crippen molar-refractivity contribution in [3.8, 4) is 0 Å². The Labute approximate surface area is 220 Å². The van der Waals surface area contributed by atoms with Crippen LogP contribution in [0.2, 0.25) is 0 Å². The zero-order valence-electron chi connectivity index (χ0n) is 21.3. The van der Waals surface area contributed by atoms with Crippen molar-refractivity contribution >= 4 is 10.0 Å². The molecule has 0 aliphatic heterocycles. The van der Waals surface area contributed by atoms with Gasteiger partial charge in [-0.25, -0.2) is 17.5 Å². The fraction of sp³-hybridized carbons (Fsp3) is 0.419. The highest BCUT2D eigenvalue weighted by atomic mass is 32.2. The lowest BCUT2D eigenvalue weighted by molar-refractivity contribution is 0.252. The zero-order valence-corrected chi connectivity index (χ0v) is 22.1. The zero-order chi connectivity index (χ0) is 25.7. The van der Waals surface area contributed by atoms with E-state index in [1.54, 1.807) is 36.4 Å². The lowest BCUT2D eigenvalue weighted by Crippen LogP contribution is -2.42. The van der Waals surface area contributed by atoms with E-state index in [9.17, 15) is 12.8 Å². The molecule has 0 aromatic heterocycles. The van der Waals surface area contributed by atoms with Gasteiger partial charge in [0.05, 0.1) is 4.90 Å². The smallest absolute Gasteiger partial charge is 0.240 e. The summed E-state index contributed by atoms with van der Waals surface area (Å²) in [6.07, 6.45) is 7.19. The number of nitrogens with one attached hydrogen (secondary N) is 2. The van der Waals surface area contributed by atoms with E-state index >= 15 is 0 Å². The minimum absolute atomic E-state index is 0.147. The highest BCUT2D eigenvalue weighted by molar-refractivity contribution is 7.89. The van der Waals surface area contributed by atoms with Crippen molar-refractivity contribution < 1.29 is 12.8 Å². The van der Waals surface area contributed by atoms with Gasteiger partial charge in [-0.1, -0.05) is 54.6 Å². The standard InChI is InChI=1S/C31H37FN2O2S/c32-27-16-17-29-26(20-27)15-18-31(30(29)19-23-7-3-1-4-8-23)33-21-24-11-13-25(14-12-24)22-34-37(35,36)28-9-5-2-6-10-28/h1-10,16-17,20,24-25,30-31,33-34H,11-15,18-19,21-22H2. The Kier molecular flexibility index (Phi) is 8.38. The molecule has 1 fully saturated rings. The summed E-state index contributed by atoms with van der Waals surface area (Å²) >= 11 is 0. The molecule has 0 saturated heterocycles. The first-order chi connectivity index (χ1) is 18.0. The highest BCUT2D eigenvalue weighted by Crippen LogP contribution is 2.36. The molecule has 2 unspecified atom stereocenters. The molecule has 1 saturated carbocycles. The van der Waals surface area contributed by atoms with Crippen LogP contribution < -0.4 is 10.0 Å². The number of aryl methyl sites for hydroxylation is 1. The van der Waals surface area contributed by atoms with Crippen molar-refractivity contribution in [1.29, 1.82) is 0 Å². The first kappa shape index (κ1) is 26.1. The summed E-state index contributed by atoms with van der Waals surface area (Å²) in [5, 5.41) is 3.90. The first-order valence-corrected chi connectivity index (χ1v) is 15.1. The van der Waals surface area contributed by atoms with Crippen LogP contribution in [-0.2, 0) is 22.9 Å². The molecule has 0 bridgehead atoms. The summed E-state index contributed by atoms with van der Waals surface area (Å²) in [4.78, 5) is 0.328. The average Bonchev–Trinajstić information content (AvgIpc) is 2.93. The molecule has 37 heavy (non-hydrogen) atoms. The maximum atomic E-state index is 13.9. The average molecular weight is 521 g/mol. The number of hydrogen-bond acceptors (Lipinski definition) is 3. The largest absolute Gasteiger partial charge is 0.313 e. The van der Waals surface area contributed by atoms with Gasteiger partial charge in [0.2, 0.25) is 10.0 Å². The van der Waals surface area contributed by atoms with E-state index in [0.29, 0.717) is 35.2 Å². The molecular weight excluding hydrogens is 483 g/mol. The number of hydrogen-bond donors (Lipinski definition) is 2. The molecular formula is C31H37FN2O2S. The summed E-state index contributed by atoms with van der Waals surface area (Å²) in [7, 11) is -3.44. The summed E-state index contributed by atoms with van der Waals surface area (Å²) < 4.78 is 41.8. The molecule has 5 rings (SSSR count). The van der Waals surface area contributed by atoms with Crippen LogP contribution in [0.5, 0.6) is 0 Å². The molecule has 2 atom stereocenters. The third-order valence-electron chi connectivity index (χ3n) is 8.26. The second-order valence-corrected chi connectivity index (χ2v) is 12.5. The fourth-order valence-corrected chi connectivity index (χ4v) is 7.25. The normalized spacial score (nSPS) is 23.9. The Hall–Kier alpha value is -2.54.